The number of ether oxygens (including phenoxy) is 2. The first-order valence-electron chi connectivity index (χ1n) is 6.78. The van der Waals surface area contributed by atoms with Gasteiger partial charge in [-0.3, -0.25) is 15.5 Å². The van der Waals surface area contributed by atoms with E-state index in [4.69, 9.17) is 15.9 Å². The number of hydrazone groups is 1. The van der Waals surface area contributed by atoms with Gasteiger partial charge in [0.15, 0.2) is 11.5 Å². The molecule has 0 amide bonds. The summed E-state index contributed by atoms with van der Waals surface area (Å²) in [7, 11) is 1.51. The number of nitrogens with one attached hydrogen (secondary N) is 1. The molecular weight excluding hydrogens is 312 g/mol. The molecule has 0 unspecified atom stereocenters. The Kier molecular flexibility index (Phi) is 5.69. The van der Waals surface area contributed by atoms with Gasteiger partial charge in [-0.2, -0.15) is 5.10 Å². The minimum atomic E-state index is -0.536. The van der Waals surface area contributed by atoms with Gasteiger partial charge in [-0.15, -0.1) is 6.42 Å². The van der Waals surface area contributed by atoms with E-state index in [0.717, 1.165) is 0 Å². The van der Waals surface area contributed by atoms with Gasteiger partial charge in [0.05, 0.1) is 18.2 Å². The zero-order valence-electron chi connectivity index (χ0n) is 12.8. The van der Waals surface area contributed by atoms with Gasteiger partial charge in [0, 0.05) is 12.3 Å². The third-order valence-electron chi connectivity index (χ3n) is 2.87. The lowest BCUT2D eigenvalue weighted by Gasteiger charge is -2.09. The first-order valence-corrected chi connectivity index (χ1v) is 6.78. The highest BCUT2D eigenvalue weighted by molar-refractivity contribution is 5.81. The molecule has 1 aromatic carbocycles. The summed E-state index contributed by atoms with van der Waals surface area (Å²) < 4.78 is 10.6. The van der Waals surface area contributed by atoms with Crippen molar-refractivity contribution in [2.24, 2.45) is 5.10 Å². The number of hydrogen-bond acceptors (Lipinski definition) is 7. The zero-order valence-corrected chi connectivity index (χ0v) is 12.8. The molecule has 0 aliphatic carbocycles. The number of anilines is 1. The molecule has 1 N–H and O–H groups in total. The van der Waals surface area contributed by atoms with Crippen LogP contribution in [0.15, 0.2) is 41.6 Å². The van der Waals surface area contributed by atoms with Gasteiger partial charge in [-0.25, -0.2) is 4.98 Å². The van der Waals surface area contributed by atoms with Crippen LogP contribution in [0.3, 0.4) is 0 Å². The number of nitrogens with zero attached hydrogens (tertiary/aromatic N) is 3. The maximum absolute atomic E-state index is 10.9. The van der Waals surface area contributed by atoms with Crippen molar-refractivity contribution in [3.05, 3.63) is 52.2 Å². The number of nitro groups is 1. The second-order valence-corrected chi connectivity index (χ2v) is 4.40. The number of terminal acetylenes is 1. The maximum Gasteiger partial charge on any atom is 0.313 e. The van der Waals surface area contributed by atoms with Crippen LogP contribution in [-0.2, 0) is 0 Å². The van der Waals surface area contributed by atoms with Crippen LogP contribution >= 0.6 is 0 Å². The third-order valence-corrected chi connectivity index (χ3v) is 2.87. The molecule has 8 heteroatoms. The molecule has 24 heavy (non-hydrogen) atoms. The molecule has 2 rings (SSSR count). The van der Waals surface area contributed by atoms with Crippen molar-refractivity contribution in [3.63, 3.8) is 0 Å². The van der Waals surface area contributed by atoms with Crippen LogP contribution in [0.25, 0.3) is 0 Å². The SMILES string of the molecule is C#CCOc1ccc(/C=N\Nc2ncccc2[N+](=O)[O-])cc1OC. The Morgan fingerprint density at radius 1 is 1.46 bits per heavy atom. The number of rotatable bonds is 7. The van der Waals surface area contributed by atoms with E-state index in [-0.39, 0.29) is 18.1 Å². The van der Waals surface area contributed by atoms with E-state index < -0.39 is 4.92 Å². The highest BCUT2D eigenvalue weighted by Gasteiger charge is 2.12. The lowest BCUT2D eigenvalue weighted by atomic mass is 10.2. The Labute approximate surface area is 138 Å². The van der Waals surface area contributed by atoms with E-state index in [1.807, 2.05) is 0 Å². The van der Waals surface area contributed by atoms with Crippen LogP contribution < -0.4 is 14.9 Å². The number of benzene rings is 1. The number of hydrogen-bond donors (Lipinski definition) is 1. The predicted octanol–water partition coefficient (Wildman–Crippen LogP) is 2.46. The summed E-state index contributed by atoms with van der Waals surface area (Å²) in [5.41, 5.74) is 3.09. The number of aromatic nitrogens is 1. The molecule has 0 aliphatic rings. The largest absolute Gasteiger partial charge is 0.493 e. The second kappa shape index (κ2) is 8.14. The van der Waals surface area contributed by atoms with Gasteiger partial charge in [0.25, 0.3) is 0 Å². The summed E-state index contributed by atoms with van der Waals surface area (Å²) in [4.78, 5) is 14.2. The smallest absolute Gasteiger partial charge is 0.313 e. The first kappa shape index (κ1) is 16.8. The summed E-state index contributed by atoms with van der Waals surface area (Å²) in [6, 6.07) is 7.95. The summed E-state index contributed by atoms with van der Waals surface area (Å²) in [6.45, 7) is 0.134. The number of methoxy groups -OCH3 is 1. The lowest BCUT2D eigenvalue weighted by Crippen LogP contribution is -2.00. The molecule has 1 aromatic heterocycles. The van der Waals surface area contributed by atoms with Crippen LogP contribution in [-0.4, -0.2) is 29.8 Å². The zero-order chi connectivity index (χ0) is 17.4. The molecule has 1 heterocycles. The fraction of sp³-hybridized carbons (Fsp3) is 0.125. The summed E-state index contributed by atoms with van der Waals surface area (Å²) in [5.74, 6) is 3.44. The molecule has 0 atom stereocenters. The van der Waals surface area contributed by atoms with E-state index >= 15 is 0 Å². The quantitative estimate of drug-likeness (QED) is 0.363. The van der Waals surface area contributed by atoms with Gasteiger partial charge in [-0.1, -0.05) is 5.92 Å². The van der Waals surface area contributed by atoms with Crippen LogP contribution in [0.1, 0.15) is 5.56 Å². The Balaban J connectivity index is 2.12. The minimum Gasteiger partial charge on any atom is -0.493 e. The van der Waals surface area contributed by atoms with Crippen molar-refractivity contribution in [1.29, 1.82) is 0 Å². The molecule has 0 saturated heterocycles. The molecular formula is C16H14N4O4. The van der Waals surface area contributed by atoms with E-state index in [1.165, 1.54) is 31.7 Å². The fourth-order valence-electron chi connectivity index (χ4n) is 1.80. The molecule has 0 spiro atoms. The van der Waals surface area contributed by atoms with Crippen LogP contribution in [0.2, 0.25) is 0 Å². The minimum absolute atomic E-state index is 0.0553. The third kappa shape index (κ3) is 4.20. The van der Waals surface area contributed by atoms with Crippen molar-refractivity contribution in [3.8, 4) is 23.8 Å². The van der Waals surface area contributed by atoms with E-state index in [0.29, 0.717) is 17.1 Å². The molecule has 8 nitrogen and oxygen atoms in total. The highest BCUT2D eigenvalue weighted by atomic mass is 16.6. The Bertz CT molecular complexity index is 799. The van der Waals surface area contributed by atoms with Gasteiger partial charge in [-0.05, 0) is 29.8 Å². The van der Waals surface area contributed by atoms with Crippen LogP contribution in [0.5, 0.6) is 11.5 Å². The van der Waals surface area contributed by atoms with Gasteiger partial charge in [0.2, 0.25) is 5.82 Å². The average Bonchev–Trinajstić information content (AvgIpc) is 2.60. The average molecular weight is 326 g/mol. The molecule has 0 aliphatic heterocycles. The molecule has 0 fully saturated rings. The Hall–Kier alpha value is -3.60. The highest BCUT2D eigenvalue weighted by Crippen LogP contribution is 2.27. The monoisotopic (exact) mass is 326 g/mol. The molecule has 122 valence electrons. The Morgan fingerprint density at radius 3 is 3.00 bits per heavy atom. The molecule has 0 radical (unpaired) electrons. The predicted molar refractivity (Wildman–Crippen MR) is 89.4 cm³/mol. The Morgan fingerprint density at radius 2 is 2.29 bits per heavy atom. The van der Waals surface area contributed by atoms with Crippen molar-refractivity contribution < 1.29 is 14.4 Å². The van der Waals surface area contributed by atoms with Gasteiger partial charge < -0.3 is 9.47 Å². The van der Waals surface area contributed by atoms with Gasteiger partial charge >= 0.3 is 5.69 Å². The van der Waals surface area contributed by atoms with Crippen LogP contribution in [0.4, 0.5) is 11.5 Å². The lowest BCUT2D eigenvalue weighted by molar-refractivity contribution is -0.384. The molecule has 0 saturated carbocycles. The normalized spacial score (nSPS) is 10.2. The first-order chi connectivity index (χ1) is 11.7. The molecule has 2 aromatic rings. The van der Waals surface area contributed by atoms with Crippen LogP contribution in [0, 0.1) is 22.5 Å². The van der Waals surface area contributed by atoms with Crippen molar-refractivity contribution >= 4 is 17.7 Å². The standard InChI is InChI=1S/C16H14N4O4/c1-3-9-24-14-7-6-12(10-15(14)23-2)11-18-19-16-13(20(21)22)5-4-8-17-16/h1,4-8,10-11H,9H2,2H3,(H,17,19)/b18-11-. The topological polar surface area (TPSA) is 98.9 Å². The van der Waals surface area contributed by atoms with E-state index in [1.54, 1.807) is 18.2 Å². The molecule has 0 bridgehead atoms. The van der Waals surface area contributed by atoms with E-state index in [2.05, 4.69) is 21.4 Å². The summed E-state index contributed by atoms with van der Waals surface area (Å²) in [6.07, 6.45) is 8.07. The summed E-state index contributed by atoms with van der Waals surface area (Å²) in [5, 5.41) is 14.8. The summed E-state index contributed by atoms with van der Waals surface area (Å²) >= 11 is 0. The van der Waals surface area contributed by atoms with Crippen molar-refractivity contribution in [1.82, 2.24) is 4.98 Å². The van der Waals surface area contributed by atoms with Crippen molar-refractivity contribution in [2.75, 3.05) is 19.1 Å². The fourth-order valence-corrected chi connectivity index (χ4v) is 1.80. The number of pyridine rings is 1. The maximum atomic E-state index is 10.9. The van der Waals surface area contributed by atoms with Gasteiger partial charge in [0.1, 0.15) is 6.61 Å². The second-order valence-electron chi connectivity index (χ2n) is 4.40. The van der Waals surface area contributed by atoms with Crippen molar-refractivity contribution in [2.45, 2.75) is 0 Å². The van der Waals surface area contributed by atoms with E-state index in [9.17, 15) is 10.1 Å².